The summed E-state index contributed by atoms with van der Waals surface area (Å²) >= 11 is 0. The molecule has 3 N–H and O–H groups in total. The Morgan fingerprint density at radius 3 is 2.21 bits per heavy atom. The summed E-state index contributed by atoms with van der Waals surface area (Å²) in [4.78, 5) is 37.2. The van der Waals surface area contributed by atoms with Crippen LogP contribution in [0.25, 0.3) is 22.4 Å². The number of carbonyl (C=O) groups excluding carboxylic acids is 3. The van der Waals surface area contributed by atoms with Crippen molar-refractivity contribution in [2.75, 3.05) is 17.7 Å². The number of hydrogen-bond donors (Lipinski definition) is 3. The van der Waals surface area contributed by atoms with E-state index >= 15 is 0 Å². The Bertz CT molecular complexity index is 1410. The molecule has 1 heterocycles. The Morgan fingerprint density at radius 1 is 0.842 bits per heavy atom. The summed E-state index contributed by atoms with van der Waals surface area (Å²) in [6, 6.07) is 24.6. The third-order valence-corrected chi connectivity index (χ3v) is 5.84. The van der Waals surface area contributed by atoms with Crippen molar-refractivity contribution in [3.8, 4) is 22.4 Å². The number of rotatable bonds is 8. The fourth-order valence-electron chi connectivity index (χ4n) is 3.83. The average molecular weight is 513 g/mol. The van der Waals surface area contributed by atoms with Gasteiger partial charge in [0.1, 0.15) is 11.7 Å². The molecule has 3 amide bonds. The molecule has 0 bridgehead atoms. The van der Waals surface area contributed by atoms with Gasteiger partial charge in [-0.05, 0) is 29.7 Å². The first-order chi connectivity index (χ1) is 18.4. The Hall–Kier alpha value is -4.92. The van der Waals surface area contributed by atoms with Crippen LogP contribution in [0.2, 0.25) is 0 Å². The quantitative estimate of drug-likeness (QED) is 0.265. The van der Waals surface area contributed by atoms with Crippen molar-refractivity contribution in [2.45, 2.75) is 19.9 Å². The van der Waals surface area contributed by atoms with Crippen LogP contribution in [0.5, 0.6) is 0 Å². The van der Waals surface area contributed by atoms with E-state index in [0.29, 0.717) is 22.6 Å². The summed E-state index contributed by atoms with van der Waals surface area (Å²) in [5.74, 6) is -1.31. The van der Waals surface area contributed by atoms with Crippen molar-refractivity contribution >= 4 is 29.3 Å². The third kappa shape index (κ3) is 6.25. The molecule has 0 saturated heterocycles. The molecule has 0 spiro atoms. The number of benzene rings is 3. The number of urea groups is 1. The molecule has 0 aliphatic heterocycles. The van der Waals surface area contributed by atoms with E-state index in [4.69, 9.17) is 9.26 Å². The van der Waals surface area contributed by atoms with Crippen LogP contribution < -0.4 is 16.0 Å². The van der Waals surface area contributed by atoms with E-state index in [1.165, 1.54) is 13.2 Å². The van der Waals surface area contributed by atoms with Crippen molar-refractivity contribution in [3.63, 3.8) is 0 Å². The molecule has 0 aliphatic rings. The maximum absolute atomic E-state index is 12.7. The molecule has 0 fully saturated rings. The Balaban J connectivity index is 1.40. The molecule has 9 heteroatoms. The van der Waals surface area contributed by atoms with Crippen molar-refractivity contribution in [1.29, 1.82) is 0 Å². The van der Waals surface area contributed by atoms with E-state index in [2.05, 4.69) is 21.1 Å². The average Bonchev–Trinajstić information content (AvgIpc) is 3.43. The van der Waals surface area contributed by atoms with Gasteiger partial charge in [-0.3, -0.25) is 4.79 Å². The van der Waals surface area contributed by atoms with Crippen LogP contribution in [0.15, 0.2) is 89.5 Å². The molecule has 38 heavy (non-hydrogen) atoms. The van der Waals surface area contributed by atoms with Gasteiger partial charge in [-0.15, -0.1) is 0 Å². The van der Waals surface area contributed by atoms with E-state index < -0.39 is 17.9 Å². The zero-order valence-corrected chi connectivity index (χ0v) is 21.2. The number of nitrogens with zero attached hydrogens (tertiary/aromatic N) is 1. The fourth-order valence-corrected chi connectivity index (χ4v) is 3.83. The number of carbonyl (C=O) groups is 3. The number of aromatic nitrogens is 1. The molecule has 3 aromatic carbocycles. The van der Waals surface area contributed by atoms with E-state index in [1.54, 1.807) is 38.1 Å². The molecule has 1 unspecified atom stereocenters. The Kier molecular flexibility index (Phi) is 8.17. The standard InChI is InChI=1S/C29H28N4O5/c1-18(2)26(28(35)37-3)32-27(34)25-17-24(33-38-25)20-13-15-21(16-14-20)30-29(36)31-23-12-8-7-11-22(23)19-9-5-4-6-10-19/h4-18,26H,1-3H3,(H,32,34)(H2,30,31,36). The van der Waals surface area contributed by atoms with Gasteiger partial charge >= 0.3 is 12.0 Å². The van der Waals surface area contributed by atoms with Crippen molar-refractivity contribution in [2.24, 2.45) is 5.92 Å². The molecule has 9 nitrogen and oxygen atoms in total. The van der Waals surface area contributed by atoms with Crippen LogP contribution in [-0.2, 0) is 9.53 Å². The lowest BCUT2D eigenvalue weighted by Crippen LogP contribution is -2.44. The first-order valence-electron chi connectivity index (χ1n) is 12.0. The molecule has 4 rings (SSSR count). The van der Waals surface area contributed by atoms with Gasteiger partial charge in [0, 0.05) is 22.9 Å². The van der Waals surface area contributed by atoms with Gasteiger partial charge in [0.15, 0.2) is 0 Å². The lowest BCUT2D eigenvalue weighted by Gasteiger charge is -2.18. The Morgan fingerprint density at radius 2 is 1.53 bits per heavy atom. The molecule has 0 saturated carbocycles. The lowest BCUT2D eigenvalue weighted by atomic mass is 10.0. The van der Waals surface area contributed by atoms with E-state index in [0.717, 1.165) is 11.1 Å². The predicted octanol–water partition coefficient (Wildman–Crippen LogP) is 5.58. The highest BCUT2D eigenvalue weighted by Crippen LogP contribution is 2.28. The van der Waals surface area contributed by atoms with Crippen LogP contribution in [0.4, 0.5) is 16.2 Å². The second-order valence-corrected chi connectivity index (χ2v) is 8.86. The van der Waals surface area contributed by atoms with Crippen LogP contribution in [0.1, 0.15) is 24.4 Å². The highest BCUT2D eigenvalue weighted by atomic mass is 16.5. The van der Waals surface area contributed by atoms with E-state index in [9.17, 15) is 14.4 Å². The minimum Gasteiger partial charge on any atom is -0.467 e. The van der Waals surface area contributed by atoms with E-state index in [-0.39, 0.29) is 17.7 Å². The Labute approximate surface area is 220 Å². The second-order valence-electron chi connectivity index (χ2n) is 8.86. The van der Waals surface area contributed by atoms with Gasteiger partial charge in [-0.2, -0.15) is 0 Å². The second kappa shape index (κ2) is 11.9. The van der Waals surface area contributed by atoms with Crippen LogP contribution in [0, 0.1) is 5.92 Å². The van der Waals surface area contributed by atoms with E-state index in [1.807, 2.05) is 54.6 Å². The number of ether oxygens (including phenoxy) is 1. The summed E-state index contributed by atoms with van der Waals surface area (Å²) in [5.41, 5.74) is 4.29. The topological polar surface area (TPSA) is 123 Å². The molecule has 1 aromatic heterocycles. The first kappa shape index (κ1) is 26.2. The molecular weight excluding hydrogens is 484 g/mol. The minimum atomic E-state index is -0.808. The highest BCUT2D eigenvalue weighted by molar-refractivity contribution is 6.02. The van der Waals surface area contributed by atoms with Crippen LogP contribution in [-0.4, -0.2) is 36.2 Å². The summed E-state index contributed by atoms with van der Waals surface area (Å²) < 4.78 is 9.94. The zero-order valence-electron chi connectivity index (χ0n) is 21.2. The number of nitrogens with one attached hydrogen (secondary N) is 3. The molecule has 194 valence electrons. The number of methoxy groups -OCH3 is 1. The summed E-state index contributed by atoms with van der Waals surface area (Å²) in [7, 11) is 1.27. The number of para-hydroxylation sites is 1. The first-order valence-corrected chi connectivity index (χ1v) is 12.0. The molecule has 0 aliphatic carbocycles. The van der Waals surface area contributed by atoms with Gasteiger partial charge in [0.2, 0.25) is 5.76 Å². The van der Waals surface area contributed by atoms with Crippen molar-refractivity contribution in [1.82, 2.24) is 10.5 Å². The number of anilines is 2. The van der Waals surface area contributed by atoms with Gasteiger partial charge < -0.3 is 25.2 Å². The van der Waals surface area contributed by atoms with Crippen molar-refractivity contribution in [3.05, 3.63) is 90.7 Å². The van der Waals surface area contributed by atoms with Crippen LogP contribution >= 0.6 is 0 Å². The highest BCUT2D eigenvalue weighted by Gasteiger charge is 2.27. The SMILES string of the molecule is COC(=O)C(NC(=O)c1cc(-c2ccc(NC(=O)Nc3ccccc3-c3ccccc3)cc2)no1)C(C)C. The summed E-state index contributed by atoms with van der Waals surface area (Å²) in [5, 5.41) is 12.3. The fraction of sp³-hybridized carbons (Fsp3) is 0.172. The molecular formula is C29H28N4O5. The minimum absolute atomic E-state index is 0.0341. The molecule has 1 atom stereocenters. The van der Waals surface area contributed by atoms with Gasteiger partial charge in [0.05, 0.1) is 12.8 Å². The largest absolute Gasteiger partial charge is 0.467 e. The van der Waals surface area contributed by atoms with Gasteiger partial charge in [0.25, 0.3) is 5.91 Å². The smallest absolute Gasteiger partial charge is 0.328 e. The number of hydrogen-bond acceptors (Lipinski definition) is 6. The third-order valence-electron chi connectivity index (χ3n) is 5.84. The predicted molar refractivity (Wildman–Crippen MR) is 145 cm³/mol. The van der Waals surface area contributed by atoms with Gasteiger partial charge in [-0.25, -0.2) is 9.59 Å². The number of amides is 3. The van der Waals surface area contributed by atoms with Crippen LogP contribution in [0.3, 0.4) is 0 Å². The zero-order chi connectivity index (χ0) is 27.1. The van der Waals surface area contributed by atoms with Gasteiger partial charge in [-0.1, -0.05) is 79.7 Å². The van der Waals surface area contributed by atoms with Crippen molar-refractivity contribution < 1.29 is 23.6 Å². The summed E-state index contributed by atoms with van der Waals surface area (Å²) in [6.45, 7) is 3.59. The number of esters is 1. The maximum atomic E-state index is 12.7. The normalized spacial score (nSPS) is 11.5. The lowest BCUT2D eigenvalue weighted by molar-refractivity contribution is -0.144. The monoisotopic (exact) mass is 512 g/mol. The molecule has 4 aromatic rings. The maximum Gasteiger partial charge on any atom is 0.328 e. The molecule has 0 radical (unpaired) electrons. The summed E-state index contributed by atoms with van der Waals surface area (Å²) in [6.07, 6.45) is 0.